The van der Waals surface area contributed by atoms with Crippen LogP contribution in [0.4, 0.5) is 0 Å². The van der Waals surface area contributed by atoms with Crippen LogP contribution in [0.1, 0.15) is 16.8 Å². The molecule has 1 aliphatic rings. The van der Waals surface area contributed by atoms with Crippen molar-refractivity contribution in [3.8, 4) is 11.3 Å². The molecule has 0 bridgehead atoms. The summed E-state index contributed by atoms with van der Waals surface area (Å²) in [5.74, 6) is 0. The van der Waals surface area contributed by atoms with Crippen molar-refractivity contribution >= 4 is 33.1 Å². The first-order valence-electron chi connectivity index (χ1n) is 9.06. The van der Waals surface area contributed by atoms with Crippen LogP contribution in [0.25, 0.3) is 44.4 Å². The number of rotatable bonds is 0. The van der Waals surface area contributed by atoms with Gasteiger partial charge in [0, 0.05) is 5.56 Å². The molecular weight excluding hydrogens is 356 g/mol. The van der Waals surface area contributed by atoms with Gasteiger partial charge in [-0.05, 0) is 49.6 Å². The van der Waals surface area contributed by atoms with Crippen molar-refractivity contribution in [3.05, 3.63) is 67.7 Å². The molecule has 0 unspecified atom stereocenters. The predicted molar refractivity (Wildman–Crippen MR) is 106 cm³/mol. The van der Waals surface area contributed by atoms with Crippen LogP contribution in [-0.4, -0.2) is 20.2 Å². The molecule has 0 amide bonds. The number of fused-ring (bicyclic) bond motifs is 6. The van der Waals surface area contributed by atoms with E-state index in [1.807, 2.05) is 37.3 Å². The Morgan fingerprint density at radius 1 is 0.964 bits per heavy atom. The minimum absolute atomic E-state index is 0.0986. The molecule has 7 nitrogen and oxygen atoms in total. The zero-order chi connectivity index (χ0) is 19.0. The minimum Gasteiger partial charge on any atom is -0.437 e. The third-order valence-electron chi connectivity index (χ3n) is 5.42. The third-order valence-corrected chi connectivity index (χ3v) is 5.42. The molecule has 0 atom stereocenters. The van der Waals surface area contributed by atoms with Gasteiger partial charge in [0.15, 0.2) is 5.65 Å². The van der Waals surface area contributed by atoms with Gasteiger partial charge in [0.25, 0.3) is 5.56 Å². The van der Waals surface area contributed by atoms with Crippen LogP contribution in [0.3, 0.4) is 0 Å². The Bertz CT molecular complexity index is 1570. The van der Waals surface area contributed by atoms with E-state index in [0.29, 0.717) is 39.5 Å². The number of hydrogen-bond acceptors (Lipinski definition) is 5. The SMILES string of the molecule is Cc1ccc2oc3nc4c(cc3c(=O)c2c1)-c1nc2[nH][nH]c(=O)c2cc1CC4. The van der Waals surface area contributed by atoms with Gasteiger partial charge in [-0.2, -0.15) is 0 Å². The lowest BCUT2D eigenvalue weighted by atomic mass is 9.91. The molecular formula is C21H14N4O3. The van der Waals surface area contributed by atoms with Gasteiger partial charge in [-0.3, -0.25) is 19.8 Å². The second-order valence-electron chi connectivity index (χ2n) is 7.24. The van der Waals surface area contributed by atoms with Crippen molar-refractivity contribution in [2.75, 3.05) is 0 Å². The van der Waals surface area contributed by atoms with E-state index in [9.17, 15) is 9.59 Å². The molecule has 4 aromatic heterocycles. The predicted octanol–water partition coefficient (Wildman–Crippen LogP) is 2.98. The largest absolute Gasteiger partial charge is 0.437 e. The van der Waals surface area contributed by atoms with Gasteiger partial charge in [-0.25, -0.2) is 9.97 Å². The van der Waals surface area contributed by atoms with E-state index >= 15 is 0 Å². The molecule has 0 saturated heterocycles. The van der Waals surface area contributed by atoms with Crippen molar-refractivity contribution in [2.45, 2.75) is 19.8 Å². The van der Waals surface area contributed by atoms with Crippen molar-refractivity contribution in [2.24, 2.45) is 0 Å². The number of aromatic nitrogens is 4. The number of hydrogen-bond donors (Lipinski definition) is 2. The first kappa shape index (κ1) is 15.3. The lowest BCUT2D eigenvalue weighted by Crippen LogP contribution is -2.11. The minimum atomic E-state index is -0.185. The topological polar surface area (TPSA) is 105 Å². The van der Waals surface area contributed by atoms with Crippen LogP contribution in [0.2, 0.25) is 0 Å². The van der Waals surface area contributed by atoms with Gasteiger partial charge in [0.2, 0.25) is 11.1 Å². The highest BCUT2D eigenvalue weighted by molar-refractivity contribution is 5.92. The Morgan fingerprint density at radius 3 is 2.75 bits per heavy atom. The maximum absolute atomic E-state index is 13.1. The first-order valence-corrected chi connectivity index (χ1v) is 9.06. The van der Waals surface area contributed by atoms with Crippen molar-refractivity contribution < 1.29 is 4.42 Å². The van der Waals surface area contributed by atoms with Crippen LogP contribution >= 0.6 is 0 Å². The number of H-pyrrole nitrogens is 2. The van der Waals surface area contributed by atoms with Crippen molar-refractivity contribution in [1.29, 1.82) is 0 Å². The molecule has 28 heavy (non-hydrogen) atoms. The average Bonchev–Trinajstić information content (AvgIpc) is 3.06. The van der Waals surface area contributed by atoms with E-state index < -0.39 is 0 Å². The fourth-order valence-electron chi connectivity index (χ4n) is 4.01. The highest BCUT2D eigenvalue weighted by Crippen LogP contribution is 2.34. The second-order valence-corrected chi connectivity index (χ2v) is 7.24. The molecule has 0 fully saturated rings. The second kappa shape index (κ2) is 5.16. The van der Waals surface area contributed by atoms with Crippen LogP contribution in [0, 0.1) is 6.92 Å². The molecule has 1 aromatic carbocycles. The first-order chi connectivity index (χ1) is 13.6. The van der Waals surface area contributed by atoms with Gasteiger partial charge in [-0.1, -0.05) is 11.6 Å². The number of benzene rings is 1. The molecule has 0 radical (unpaired) electrons. The van der Waals surface area contributed by atoms with Crippen LogP contribution in [-0.2, 0) is 12.8 Å². The van der Waals surface area contributed by atoms with E-state index in [1.54, 1.807) is 0 Å². The Labute approximate surface area is 157 Å². The lowest BCUT2D eigenvalue weighted by molar-refractivity contribution is 0.641. The highest BCUT2D eigenvalue weighted by atomic mass is 16.3. The summed E-state index contributed by atoms with van der Waals surface area (Å²) in [4.78, 5) is 34.2. The van der Waals surface area contributed by atoms with Gasteiger partial charge < -0.3 is 4.42 Å². The Kier molecular flexibility index (Phi) is 2.83. The molecule has 0 aliphatic heterocycles. The fraction of sp³-hybridized carbons (Fsp3) is 0.143. The summed E-state index contributed by atoms with van der Waals surface area (Å²) in [5.41, 5.74) is 5.49. The van der Waals surface area contributed by atoms with Crippen LogP contribution < -0.4 is 11.0 Å². The zero-order valence-corrected chi connectivity index (χ0v) is 14.9. The monoisotopic (exact) mass is 370 g/mol. The molecule has 1 aliphatic carbocycles. The lowest BCUT2D eigenvalue weighted by Gasteiger charge is -2.18. The van der Waals surface area contributed by atoms with E-state index in [-0.39, 0.29) is 11.0 Å². The van der Waals surface area contributed by atoms with Gasteiger partial charge in [0.1, 0.15) is 5.58 Å². The van der Waals surface area contributed by atoms with E-state index in [4.69, 9.17) is 4.42 Å². The molecule has 136 valence electrons. The summed E-state index contributed by atoms with van der Waals surface area (Å²) in [6, 6.07) is 9.25. The van der Waals surface area contributed by atoms with E-state index in [0.717, 1.165) is 34.5 Å². The molecule has 2 N–H and O–H groups in total. The number of aryl methyl sites for hydroxylation is 3. The summed E-state index contributed by atoms with van der Waals surface area (Å²) in [6.45, 7) is 1.94. The normalized spacial score (nSPS) is 13.2. The molecule has 6 rings (SSSR count). The quantitative estimate of drug-likeness (QED) is 0.408. The Morgan fingerprint density at radius 2 is 1.86 bits per heavy atom. The molecule has 4 heterocycles. The van der Waals surface area contributed by atoms with Crippen molar-refractivity contribution in [3.63, 3.8) is 0 Å². The average molecular weight is 370 g/mol. The molecule has 0 spiro atoms. The summed E-state index contributed by atoms with van der Waals surface area (Å²) in [6.07, 6.45) is 1.43. The van der Waals surface area contributed by atoms with Crippen molar-refractivity contribution in [1.82, 2.24) is 20.2 Å². The molecule has 5 aromatic rings. The number of nitrogens with one attached hydrogen (secondary N) is 2. The maximum Gasteiger partial charge on any atom is 0.273 e. The third kappa shape index (κ3) is 1.98. The standard InChI is InChI=1S/C21H14N4O3/c1-9-2-5-16-12(6-9)18(26)13-8-11-15(22-21(13)28-16)4-3-10-7-14-19(23-17(10)11)24-25-20(14)27/h2,5-8H,3-4H2,1H3,(H2,23,24,25,27). The van der Waals surface area contributed by atoms with Crippen LogP contribution in [0.5, 0.6) is 0 Å². The molecule has 7 heteroatoms. The van der Waals surface area contributed by atoms with E-state index in [2.05, 4.69) is 20.2 Å². The zero-order valence-electron chi connectivity index (χ0n) is 14.9. The number of pyridine rings is 2. The van der Waals surface area contributed by atoms with E-state index in [1.165, 1.54) is 0 Å². The fourth-order valence-corrected chi connectivity index (χ4v) is 4.01. The summed E-state index contributed by atoms with van der Waals surface area (Å²) in [5, 5.41) is 6.89. The molecule has 0 saturated carbocycles. The van der Waals surface area contributed by atoms with Crippen LogP contribution in [0.15, 0.2) is 44.3 Å². The van der Waals surface area contributed by atoms with Gasteiger partial charge >= 0.3 is 0 Å². The number of aromatic amines is 2. The Hall–Kier alpha value is -3.74. The Balaban J connectivity index is 1.70. The maximum atomic E-state index is 13.1. The smallest absolute Gasteiger partial charge is 0.273 e. The summed E-state index contributed by atoms with van der Waals surface area (Å²) < 4.78 is 5.93. The van der Waals surface area contributed by atoms with Gasteiger partial charge in [0.05, 0.1) is 27.5 Å². The summed E-state index contributed by atoms with van der Waals surface area (Å²) in [7, 11) is 0. The number of nitrogens with zero attached hydrogens (tertiary/aromatic N) is 2. The van der Waals surface area contributed by atoms with Gasteiger partial charge in [-0.15, -0.1) is 0 Å². The summed E-state index contributed by atoms with van der Waals surface area (Å²) >= 11 is 0. The highest BCUT2D eigenvalue weighted by Gasteiger charge is 2.23.